The molecule has 3 N–H and O–H groups in total. The number of hydrogen-bond acceptors (Lipinski definition) is 2. The van der Waals surface area contributed by atoms with E-state index < -0.39 is 0 Å². The van der Waals surface area contributed by atoms with E-state index in [1.165, 1.54) is 6.42 Å². The molecule has 0 aliphatic heterocycles. The van der Waals surface area contributed by atoms with Crippen LogP contribution in [-0.4, -0.2) is 11.9 Å². The van der Waals surface area contributed by atoms with Crippen molar-refractivity contribution >= 4 is 5.91 Å². The van der Waals surface area contributed by atoms with Crippen molar-refractivity contribution in [3.05, 3.63) is 35.9 Å². The molecule has 106 valence electrons. The van der Waals surface area contributed by atoms with Crippen LogP contribution < -0.4 is 11.1 Å². The molecular formula is C16H26N2O. The van der Waals surface area contributed by atoms with Crippen molar-refractivity contribution in [3.63, 3.8) is 0 Å². The van der Waals surface area contributed by atoms with E-state index in [2.05, 4.69) is 19.2 Å². The topological polar surface area (TPSA) is 55.1 Å². The number of nitrogens with one attached hydrogen (secondary N) is 1. The summed E-state index contributed by atoms with van der Waals surface area (Å²) in [5.41, 5.74) is 7.17. The molecule has 0 bridgehead atoms. The fourth-order valence-corrected chi connectivity index (χ4v) is 2.08. The van der Waals surface area contributed by atoms with Crippen molar-refractivity contribution in [1.29, 1.82) is 0 Å². The minimum atomic E-state index is -0.0575. The zero-order valence-electron chi connectivity index (χ0n) is 12.1. The molecule has 2 unspecified atom stereocenters. The highest BCUT2D eigenvalue weighted by molar-refractivity contribution is 5.76. The summed E-state index contributed by atoms with van der Waals surface area (Å²) >= 11 is 0. The monoisotopic (exact) mass is 262 g/mol. The maximum Gasteiger partial charge on any atom is 0.220 e. The first-order valence-electron chi connectivity index (χ1n) is 7.23. The molecule has 1 aromatic carbocycles. The molecule has 3 heteroatoms. The molecule has 0 saturated heterocycles. The van der Waals surface area contributed by atoms with Gasteiger partial charge in [0.25, 0.3) is 0 Å². The SMILES string of the molecule is CCCCC(C)NC(=O)CCC(N)c1ccccc1. The number of carbonyl (C=O) groups excluding carboxylic acids is 1. The third kappa shape index (κ3) is 6.39. The Labute approximate surface area is 116 Å². The molecule has 0 saturated carbocycles. The van der Waals surface area contributed by atoms with Crippen LogP contribution in [0.15, 0.2) is 30.3 Å². The molecule has 0 spiro atoms. The largest absolute Gasteiger partial charge is 0.354 e. The Bertz CT molecular complexity index is 364. The van der Waals surface area contributed by atoms with Gasteiger partial charge in [0.1, 0.15) is 0 Å². The molecule has 0 aliphatic carbocycles. The third-order valence-electron chi connectivity index (χ3n) is 3.31. The van der Waals surface area contributed by atoms with E-state index in [0.29, 0.717) is 12.8 Å². The lowest BCUT2D eigenvalue weighted by molar-refractivity contribution is -0.121. The van der Waals surface area contributed by atoms with Gasteiger partial charge in [-0.15, -0.1) is 0 Å². The first-order valence-corrected chi connectivity index (χ1v) is 7.23. The van der Waals surface area contributed by atoms with Crippen LogP contribution in [0.25, 0.3) is 0 Å². The molecule has 0 fully saturated rings. The van der Waals surface area contributed by atoms with Crippen LogP contribution in [0, 0.1) is 0 Å². The van der Waals surface area contributed by atoms with Crippen LogP contribution >= 0.6 is 0 Å². The predicted molar refractivity (Wildman–Crippen MR) is 79.7 cm³/mol. The average molecular weight is 262 g/mol. The number of benzene rings is 1. The second-order valence-corrected chi connectivity index (χ2v) is 5.17. The zero-order valence-corrected chi connectivity index (χ0v) is 12.1. The van der Waals surface area contributed by atoms with Gasteiger partial charge in [-0.3, -0.25) is 4.79 Å². The van der Waals surface area contributed by atoms with Gasteiger partial charge in [-0.25, -0.2) is 0 Å². The summed E-state index contributed by atoms with van der Waals surface area (Å²) in [5.74, 6) is 0.106. The maximum atomic E-state index is 11.8. The molecule has 0 aromatic heterocycles. The molecule has 3 nitrogen and oxygen atoms in total. The number of rotatable bonds is 8. The fourth-order valence-electron chi connectivity index (χ4n) is 2.08. The third-order valence-corrected chi connectivity index (χ3v) is 3.31. The summed E-state index contributed by atoms with van der Waals surface area (Å²) in [7, 11) is 0. The standard InChI is InChI=1S/C16H26N2O/c1-3-4-8-13(2)18-16(19)12-11-15(17)14-9-6-5-7-10-14/h5-7,9-10,13,15H,3-4,8,11-12,17H2,1-2H3,(H,18,19). The summed E-state index contributed by atoms with van der Waals surface area (Å²) < 4.78 is 0. The van der Waals surface area contributed by atoms with Crippen molar-refractivity contribution < 1.29 is 4.79 Å². The normalized spacial score (nSPS) is 13.8. The Morgan fingerprint density at radius 2 is 1.95 bits per heavy atom. The molecule has 0 aliphatic rings. The predicted octanol–water partition coefficient (Wildman–Crippen LogP) is 3.16. The zero-order chi connectivity index (χ0) is 14.1. The molecule has 1 aromatic rings. The van der Waals surface area contributed by atoms with E-state index in [-0.39, 0.29) is 18.0 Å². The Morgan fingerprint density at radius 3 is 2.58 bits per heavy atom. The van der Waals surface area contributed by atoms with Gasteiger partial charge < -0.3 is 11.1 Å². The van der Waals surface area contributed by atoms with Crippen molar-refractivity contribution in [1.82, 2.24) is 5.32 Å². The lowest BCUT2D eigenvalue weighted by atomic mass is 10.0. The van der Waals surface area contributed by atoms with E-state index in [9.17, 15) is 4.79 Å². The number of carbonyl (C=O) groups is 1. The molecule has 1 amide bonds. The van der Waals surface area contributed by atoms with Gasteiger partial charge in [0.05, 0.1) is 0 Å². The molecule has 19 heavy (non-hydrogen) atoms. The van der Waals surface area contributed by atoms with E-state index in [0.717, 1.165) is 18.4 Å². The number of amides is 1. The van der Waals surface area contributed by atoms with Crippen LogP contribution in [0.3, 0.4) is 0 Å². The smallest absolute Gasteiger partial charge is 0.220 e. The first kappa shape index (κ1) is 15.7. The lowest BCUT2D eigenvalue weighted by Gasteiger charge is -2.15. The van der Waals surface area contributed by atoms with E-state index in [1.807, 2.05) is 30.3 Å². The summed E-state index contributed by atoms with van der Waals surface area (Å²) in [6.45, 7) is 4.22. The summed E-state index contributed by atoms with van der Waals surface area (Å²) in [4.78, 5) is 11.8. The van der Waals surface area contributed by atoms with Crippen LogP contribution in [-0.2, 0) is 4.79 Å². The molecule has 0 radical (unpaired) electrons. The van der Waals surface area contributed by atoms with Gasteiger partial charge in [0.15, 0.2) is 0 Å². The van der Waals surface area contributed by atoms with Gasteiger partial charge in [-0.05, 0) is 25.3 Å². The Balaban J connectivity index is 2.26. The second-order valence-electron chi connectivity index (χ2n) is 5.17. The van der Waals surface area contributed by atoms with Crippen molar-refractivity contribution in [3.8, 4) is 0 Å². The Kier molecular flexibility index (Phi) is 7.19. The van der Waals surface area contributed by atoms with Crippen LogP contribution in [0.1, 0.15) is 57.6 Å². The minimum absolute atomic E-state index is 0.0575. The van der Waals surface area contributed by atoms with Crippen molar-refractivity contribution in [2.75, 3.05) is 0 Å². The van der Waals surface area contributed by atoms with Gasteiger partial charge in [0.2, 0.25) is 5.91 Å². The molecule has 2 atom stereocenters. The van der Waals surface area contributed by atoms with Gasteiger partial charge >= 0.3 is 0 Å². The minimum Gasteiger partial charge on any atom is -0.354 e. The van der Waals surface area contributed by atoms with E-state index in [4.69, 9.17) is 5.73 Å². The van der Waals surface area contributed by atoms with Gasteiger partial charge in [-0.2, -0.15) is 0 Å². The lowest BCUT2D eigenvalue weighted by Crippen LogP contribution is -2.32. The van der Waals surface area contributed by atoms with Crippen molar-refractivity contribution in [2.45, 2.75) is 58.0 Å². The highest BCUT2D eigenvalue weighted by Crippen LogP contribution is 2.15. The second kappa shape index (κ2) is 8.70. The quantitative estimate of drug-likeness (QED) is 0.756. The number of hydrogen-bond donors (Lipinski definition) is 2. The Morgan fingerprint density at radius 1 is 1.26 bits per heavy atom. The van der Waals surface area contributed by atoms with E-state index >= 15 is 0 Å². The van der Waals surface area contributed by atoms with Gasteiger partial charge in [0, 0.05) is 18.5 Å². The van der Waals surface area contributed by atoms with Crippen LogP contribution in [0.2, 0.25) is 0 Å². The summed E-state index contributed by atoms with van der Waals surface area (Å²) in [6.07, 6.45) is 4.56. The Hall–Kier alpha value is -1.35. The van der Waals surface area contributed by atoms with Crippen molar-refractivity contribution in [2.24, 2.45) is 5.73 Å². The fraction of sp³-hybridized carbons (Fsp3) is 0.562. The highest BCUT2D eigenvalue weighted by Gasteiger charge is 2.10. The molecule has 0 heterocycles. The average Bonchev–Trinajstić information content (AvgIpc) is 2.43. The number of unbranched alkanes of at least 4 members (excludes halogenated alkanes) is 1. The maximum absolute atomic E-state index is 11.8. The number of nitrogens with two attached hydrogens (primary N) is 1. The highest BCUT2D eigenvalue weighted by atomic mass is 16.1. The van der Waals surface area contributed by atoms with E-state index in [1.54, 1.807) is 0 Å². The summed E-state index contributed by atoms with van der Waals surface area (Å²) in [5, 5.41) is 3.03. The molecular weight excluding hydrogens is 236 g/mol. The van der Waals surface area contributed by atoms with Gasteiger partial charge in [-0.1, -0.05) is 50.1 Å². The van der Waals surface area contributed by atoms with Crippen LogP contribution in [0.4, 0.5) is 0 Å². The summed E-state index contributed by atoms with van der Waals surface area (Å²) in [6, 6.07) is 10.1. The van der Waals surface area contributed by atoms with Crippen LogP contribution in [0.5, 0.6) is 0 Å². The molecule has 1 rings (SSSR count). The first-order chi connectivity index (χ1) is 9.13.